The summed E-state index contributed by atoms with van der Waals surface area (Å²) in [6, 6.07) is 10.6. The Morgan fingerprint density at radius 3 is 2.45 bits per heavy atom. The number of hydrogen-bond donors (Lipinski definition) is 1. The summed E-state index contributed by atoms with van der Waals surface area (Å²) in [7, 11) is 0. The molecule has 0 aliphatic heterocycles. The Bertz CT molecular complexity index is 501. The highest BCUT2D eigenvalue weighted by Crippen LogP contribution is 2.39. The summed E-state index contributed by atoms with van der Waals surface area (Å²) in [5, 5.41) is 3.11. The van der Waals surface area contributed by atoms with E-state index < -0.39 is 0 Å². The van der Waals surface area contributed by atoms with Gasteiger partial charge in [0.05, 0.1) is 0 Å². The molecule has 1 N–H and O–H groups in total. The third-order valence-corrected chi connectivity index (χ3v) is 4.42. The van der Waals surface area contributed by atoms with Gasteiger partial charge in [0, 0.05) is 12.5 Å². The highest BCUT2D eigenvalue weighted by atomic mass is 16.1. The molecule has 1 aromatic carbocycles. The summed E-state index contributed by atoms with van der Waals surface area (Å²) in [5.41, 5.74) is 2.62. The zero-order chi connectivity index (χ0) is 14.8. The lowest BCUT2D eigenvalue weighted by Gasteiger charge is -2.41. The van der Waals surface area contributed by atoms with Crippen LogP contribution in [0.15, 0.2) is 36.4 Å². The first kappa shape index (κ1) is 14.8. The average Bonchev–Trinajstić information content (AvgIpc) is 2.37. The molecule has 108 valence electrons. The van der Waals surface area contributed by atoms with E-state index in [-0.39, 0.29) is 11.4 Å². The Morgan fingerprint density at radius 2 is 1.90 bits per heavy atom. The number of carbonyl (C=O) groups excluding carboxylic acids is 1. The Kier molecular flexibility index (Phi) is 4.32. The van der Waals surface area contributed by atoms with E-state index in [1.54, 1.807) is 6.92 Å². The fourth-order valence-electron chi connectivity index (χ4n) is 3.51. The van der Waals surface area contributed by atoms with Gasteiger partial charge in [-0.2, -0.15) is 0 Å². The van der Waals surface area contributed by atoms with E-state index in [4.69, 9.17) is 0 Å². The Balaban J connectivity index is 2.15. The lowest BCUT2D eigenvalue weighted by molar-refractivity contribution is -0.121. The third-order valence-electron chi connectivity index (χ3n) is 4.42. The van der Waals surface area contributed by atoms with Gasteiger partial charge in [0.2, 0.25) is 5.91 Å². The summed E-state index contributed by atoms with van der Waals surface area (Å²) >= 11 is 0. The van der Waals surface area contributed by atoms with Crippen LogP contribution in [0.1, 0.15) is 46.1 Å². The minimum absolute atomic E-state index is 0.0556. The highest BCUT2D eigenvalue weighted by molar-refractivity contribution is 5.74. The van der Waals surface area contributed by atoms with Crippen LogP contribution in [0, 0.1) is 11.8 Å². The predicted molar refractivity (Wildman–Crippen MR) is 84.2 cm³/mol. The van der Waals surface area contributed by atoms with E-state index in [1.807, 2.05) is 0 Å². The van der Waals surface area contributed by atoms with Gasteiger partial charge >= 0.3 is 0 Å². The monoisotopic (exact) mass is 271 g/mol. The first-order valence-electron chi connectivity index (χ1n) is 7.43. The van der Waals surface area contributed by atoms with Crippen molar-refractivity contribution in [2.45, 2.75) is 46.1 Å². The van der Waals surface area contributed by atoms with Gasteiger partial charge in [-0.15, -0.1) is 0 Å². The van der Waals surface area contributed by atoms with Crippen LogP contribution in [0.3, 0.4) is 0 Å². The maximum absolute atomic E-state index is 11.4. The molecule has 0 aromatic heterocycles. The molecule has 2 heteroatoms. The van der Waals surface area contributed by atoms with Gasteiger partial charge in [-0.05, 0) is 49.7 Å². The number of nitrogens with one attached hydrogen (secondary N) is 1. The number of benzene rings is 1. The van der Waals surface area contributed by atoms with Crippen LogP contribution in [-0.2, 0) is 4.79 Å². The summed E-state index contributed by atoms with van der Waals surface area (Å²) in [4.78, 5) is 11.4. The molecule has 0 spiro atoms. The third kappa shape index (κ3) is 3.30. The van der Waals surface area contributed by atoms with Crippen molar-refractivity contribution in [1.29, 1.82) is 0 Å². The number of amides is 1. The summed E-state index contributed by atoms with van der Waals surface area (Å²) in [6.45, 7) is 8.17. The quantitative estimate of drug-likeness (QED) is 0.883. The van der Waals surface area contributed by atoms with E-state index in [0.29, 0.717) is 11.8 Å². The molecule has 1 aliphatic rings. The van der Waals surface area contributed by atoms with Crippen molar-refractivity contribution >= 4 is 11.5 Å². The second-order valence-corrected chi connectivity index (χ2v) is 6.52. The molecule has 20 heavy (non-hydrogen) atoms. The smallest absolute Gasteiger partial charge is 0.217 e. The van der Waals surface area contributed by atoms with Crippen molar-refractivity contribution < 1.29 is 4.79 Å². The molecule has 2 atom stereocenters. The standard InChI is InChI=1S/C18H25NO/c1-13-12-16(15-8-6-5-7-9-15)10-11-17(13)18(3,4)19-14(2)20/h5-10,13,17H,11-12H2,1-4H3,(H,19,20)/t13-,17+/m1/s1. The molecule has 0 saturated carbocycles. The van der Waals surface area contributed by atoms with E-state index in [1.165, 1.54) is 11.1 Å². The largest absolute Gasteiger partial charge is 0.351 e. The molecular weight excluding hydrogens is 246 g/mol. The van der Waals surface area contributed by atoms with Crippen LogP contribution in [0.4, 0.5) is 0 Å². The van der Waals surface area contributed by atoms with Gasteiger partial charge in [0.15, 0.2) is 0 Å². The van der Waals surface area contributed by atoms with E-state index in [2.05, 4.69) is 62.5 Å². The van der Waals surface area contributed by atoms with Crippen LogP contribution in [0.5, 0.6) is 0 Å². The Morgan fingerprint density at radius 1 is 1.25 bits per heavy atom. The minimum Gasteiger partial charge on any atom is -0.351 e. The van der Waals surface area contributed by atoms with Gasteiger partial charge in [0.1, 0.15) is 0 Å². The molecular formula is C18H25NO. The lowest BCUT2D eigenvalue weighted by atomic mass is 9.70. The summed E-state index contributed by atoms with van der Waals surface area (Å²) in [5.74, 6) is 1.11. The number of allylic oxidation sites excluding steroid dienone is 2. The minimum atomic E-state index is -0.149. The molecule has 0 fully saturated rings. The van der Waals surface area contributed by atoms with Crippen LogP contribution >= 0.6 is 0 Å². The molecule has 0 unspecified atom stereocenters. The molecule has 1 aromatic rings. The fraction of sp³-hybridized carbons (Fsp3) is 0.500. The summed E-state index contributed by atoms with van der Waals surface area (Å²) in [6.07, 6.45) is 4.46. The van der Waals surface area contributed by atoms with Crippen molar-refractivity contribution in [3.63, 3.8) is 0 Å². The average molecular weight is 271 g/mol. The van der Waals surface area contributed by atoms with Crippen molar-refractivity contribution in [1.82, 2.24) is 5.32 Å². The lowest BCUT2D eigenvalue weighted by Crippen LogP contribution is -2.50. The van der Waals surface area contributed by atoms with E-state index in [0.717, 1.165) is 12.8 Å². The molecule has 0 bridgehead atoms. The zero-order valence-corrected chi connectivity index (χ0v) is 12.9. The van der Waals surface area contributed by atoms with Gasteiger partial charge in [-0.1, -0.05) is 43.3 Å². The van der Waals surface area contributed by atoms with Crippen molar-refractivity contribution in [3.8, 4) is 0 Å². The fourth-order valence-corrected chi connectivity index (χ4v) is 3.51. The molecule has 1 amide bonds. The van der Waals surface area contributed by atoms with Gasteiger partial charge in [-0.3, -0.25) is 4.79 Å². The summed E-state index contributed by atoms with van der Waals surface area (Å²) < 4.78 is 0. The second kappa shape index (κ2) is 5.82. The SMILES string of the molecule is CC(=O)NC(C)(C)[C@H]1CC=C(c2ccccc2)C[C@H]1C. The molecule has 0 heterocycles. The normalized spacial score (nSPS) is 23.1. The van der Waals surface area contributed by atoms with Crippen LogP contribution in [0.2, 0.25) is 0 Å². The molecule has 0 radical (unpaired) electrons. The molecule has 2 rings (SSSR count). The van der Waals surface area contributed by atoms with E-state index in [9.17, 15) is 4.79 Å². The van der Waals surface area contributed by atoms with Crippen LogP contribution in [0.25, 0.3) is 5.57 Å². The predicted octanol–water partition coefficient (Wildman–Crippen LogP) is 4.03. The van der Waals surface area contributed by atoms with Gasteiger partial charge in [0.25, 0.3) is 0 Å². The van der Waals surface area contributed by atoms with Crippen LogP contribution < -0.4 is 5.32 Å². The van der Waals surface area contributed by atoms with Gasteiger partial charge in [-0.25, -0.2) is 0 Å². The first-order chi connectivity index (χ1) is 9.40. The molecule has 1 aliphatic carbocycles. The zero-order valence-electron chi connectivity index (χ0n) is 12.9. The van der Waals surface area contributed by atoms with E-state index >= 15 is 0 Å². The maximum Gasteiger partial charge on any atom is 0.217 e. The number of carbonyl (C=O) groups is 1. The number of rotatable bonds is 3. The first-order valence-corrected chi connectivity index (χ1v) is 7.43. The Labute approximate surface area is 122 Å². The maximum atomic E-state index is 11.4. The Hall–Kier alpha value is -1.57. The molecule has 2 nitrogen and oxygen atoms in total. The van der Waals surface area contributed by atoms with Crippen molar-refractivity contribution in [3.05, 3.63) is 42.0 Å². The van der Waals surface area contributed by atoms with Crippen LogP contribution in [-0.4, -0.2) is 11.4 Å². The van der Waals surface area contributed by atoms with Crippen molar-refractivity contribution in [2.24, 2.45) is 11.8 Å². The highest BCUT2D eigenvalue weighted by Gasteiger charge is 2.35. The second-order valence-electron chi connectivity index (χ2n) is 6.52. The molecule has 0 saturated heterocycles. The topological polar surface area (TPSA) is 29.1 Å². The van der Waals surface area contributed by atoms with Crippen molar-refractivity contribution in [2.75, 3.05) is 0 Å². The van der Waals surface area contributed by atoms with Gasteiger partial charge < -0.3 is 5.32 Å². The number of hydrogen-bond acceptors (Lipinski definition) is 1.